The fraction of sp³-hybridized carbons (Fsp3) is 1.00. The Labute approximate surface area is 96.6 Å². The van der Waals surface area contributed by atoms with E-state index in [0.29, 0.717) is 6.61 Å². The molecule has 0 aromatic rings. The van der Waals surface area contributed by atoms with Crippen LogP contribution in [0.4, 0.5) is 0 Å². The van der Waals surface area contributed by atoms with Gasteiger partial charge < -0.3 is 24.1 Å². The third-order valence-electron chi connectivity index (χ3n) is 2.80. The SMILES string of the molecule is CCCO[C@@H]1[C@@H](OC)[C@H](C)OC(O)[C@@H]1OC. The topological polar surface area (TPSA) is 57.2 Å². The highest BCUT2D eigenvalue weighted by Crippen LogP contribution is 2.26. The van der Waals surface area contributed by atoms with Crippen molar-refractivity contribution in [3.8, 4) is 0 Å². The Bertz CT molecular complexity index is 183. The van der Waals surface area contributed by atoms with E-state index in [2.05, 4.69) is 0 Å². The summed E-state index contributed by atoms with van der Waals surface area (Å²) in [6, 6.07) is 0. The van der Waals surface area contributed by atoms with Gasteiger partial charge in [0.2, 0.25) is 0 Å². The second-order valence-electron chi connectivity index (χ2n) is 3.97. The lowest BCUT2D eigenvalue weighted by atomic mass is 9.99. The molecule has 0 aliphatic carbocycles. The molecule has 0 radical (unpaired) electrons. The van der Waals surface area contributed by atoms with E-state index in [0.717, 1.165) is 6.42 Å². The van der Waals surface area contributed by atoms with Crippen LogP contribution in [-0.2, 0) is 18.9 Å². The van der Waals surface area contributed by atoms with Gasteiger partial charge in [-0.1, -0.05) is 6.92 Å². The van der Waals surface area contributed by atoms with Crippen LogP contribution in [0.25, 0.3) is 0 Å². The van der Waals surface area contributed by atoms with Crippen molar-refractivity contribution in [1.29, 1.82) is 0 Å². The Morgan fingerprint density at radius 2 is 1.75 bits per heavy atom. The third kappa shape index (κ3) is 2.93. The number of methoxy groups -OCH3 is 2. The zero-order valence-electron chi connectivity index (χ0n) is 10.4. The molecule has 0 bridgehead atoms. The van der Waals surface area contributed by atoms with Gasteiger partial charge >= 0.3 is 0 Å². The highest BCUT2D eigenvalue weighted by molar-refractivity contribution is 4.90. The highest BCUT2D eigenvalue weighted by atomic mass is 16.7. The fourth-order valence-electron chi connectivity index (χ4n) is 2.01. The Morgan fingerprint density at radius 3 is 2.25 bits per heavy atom. The van der Waals surface area contributed by atoms with E-state index in [1.54, 1.807) is 7.11 Å². The molecule has 5 nitrogen and oxygen atoms in total. The summed E-state index contributed by atoms with van der Waals surface area (Å²) < 4.78 is 21.6. The molecule has 1 aliphatic heterocycles. The van der Waals surface area contributed by atoms with Crippen LogP contribution in [0.15, 0.2) is 0 Å². The van der Waals surface area contributed by atoms with Gasteiger partial charge in [0.15, 0.2) is 6.29 Å². The molecule has 16 heavy (non-hydrogen) atoms. The maximum Gasteiger partial charge on any atom is 0.184 e. The molecule has 0 aromatic heterocycles. The fourth-order valence-corrected chi connectivity index (χ4v) is 2.01. The quantitative estimate of drug-likeness (QED) is 0.752. The lowest BCUT2D eigenvalue weighted by Crippen LogP contribution is -2.59. The summed E-state index contributed by atoms with van der Waals surface area (Å²) >= 11 is 0. The smallest absolute Gasteiger partial charge is 0.184 e. The van der Waals surface area contributed by atoms with Gasteiger partial charge in [0.1, 0.15) is 18.3 Å². The molecule has 96 valence electrons. The molecule has 1 rings (SSSR count). The summed E-state index contributed by atoms with van der Waals surface area (Å²) in [4.78, 5) is 0. The number of rotatable bonds is 5. The van der Waals surface area contributed by atoms with Gasteiger partial charge in [-0.05, 0) is 13.3 Å². The summed E-state index contributed by atoms with van der Waals surface area (Å²) in [5.74, 6) is 0. The first kappa shape index (κ1) is 13.9. The molecule has 1 saturated heterocycles. The monoisotopic (exact) mass is 234 g/mol. The van der Waals surface area contributed by atoms with Crippen LogP contribution < -0.4 is 0 Å². The minimum atomic E-state index is -0.965. The average Bonchev–Trinajstić information content (AvgIpc) is 2.26. The first-order valence-corrected chi connectivity index (χ1v) is 5.66. The van der Waals surface area contributed by atoms with Gasteiger partial charge in [0, 0.05) is 20.8 Å². The van der Waals surface area contributed by atoms with Crippen molar-refractivity contribution < 1.29 is 24.1 Å². The summed E-state index contributed by atoms with van der Waals surface area (Å²) in [5, 5.41) is 9.74. The lowest BCUT2D eigenvalue weighted by molar-refractivity contribution is -0.295. The van der Waals surface area contributed by atoms with Crippen molar-refractivity contribution in [3.63, 3.8) is 0 Å². The number of aliphatic hydroxyl groups excluding tert-OH is 1. The lowest BCUT2D eigenvalue weighted by Gasteiger charge is -2.42. The highest BCUT2D eigenvalue weighted by Gasteiger charge is 2.44. The van der Waals surface area contributed by atoms with Crippen LogP contribution in [0.2, 0.25) is 0 Å². The van der Waals surface area contributed by atoms with Crippen molar-refractivity contribution in [2.24, 2.45) is 0 Å². The van der Waals surface area contributed by atoms with E-state index >= 15 is 0 Å². The van der Waals surface area contributed by atoms with Crippen LogP contribution in [-0.4, -0.2) is 56.6 Å². The van der Waals surface area contributed by atoms with Crippen molar-refractivity contribution in [2.75, 3.05) is 20.8 Å². The van der Waals surface area contributed by atoms with Crippen molar-refractivity contribution in [3.05, 3.63) is 0 Å². The molecule has 1 heterocycles. The van der Waals surface area contributed by atoms with E-state index in [1.807, 2.05) is 13.8 Å². The molecule has 1 unspecified atom stereocenters. The maximum atomic E-state index is 9.74. The van der Waals surface area contributed by atoms with Gasteiger partial charge in [-0.25, -0.2) is 0 Å². The van der Waals surface area contributed by atoms with Gasteiger partial charge in [-0.15, -0.1) is 0 Å². The zero-order chi connectivity index (χ0) is 12.1. The minimum absolute atomic E-state index is 0.215. The molecule has 0 amide bonds. The van der Waals surface area contributed by atoms with Crippen LogP contribution >= 0.6 is 0 Å². The van der Waals surface area contributed by atoms with E-state index < -0.39 is 12.4 Å². The van der Waals surface area contributed by atoms with Crippen LogP contribution in [0.1, 0.15) is 20.3 Å². The largest absolute Gasteiger partial charge is 0.376 e. The van der Waals surface area contributed by atoms with Crippen LogP contribution in [0.3, 0.4) is 0 Å². The Balaban J connectivity index is 2.72. The van der Waals surface area contributed by atoms with Crippen LogP contribution in [0, 0.1) is 0 Å². The first-order chi connectivity index (χ1) is 7.65. The molecule has 1 N–H and O–H groups in total. The second kappa shape index (κ2) is 6.51. The maximum absolute atomic E-state index is 9.74. The van der Waals surface area contributed by atoms with Gasteiger partial charge in [-0.3, -0.25) is 0 Å². The Kier molecular flexibility index (Phi) is 5.64. The third-order valence-corrected chi connectivity index (χ3v) is 2.80. The zero-order valence-corrected chi connectivity index (χ0v) is 10.4. The first-order valence-electron chi connectivity index (χ1n) is 5.66. The van der Waals surface area contributed by atoms with Crippen molar-refractivity contribution >= 4 is 0 Å². The van der Waals surface area contributed by atoms with Gasteiger partial charge in [0.05, 0.1) is 6.10 Å². The van der Waals surface area contributed by atoms with E-state index in [-0.39, 0.29) is 18.3 Å². The van der Waals surface area contributed by atoms with E-state index in [4.69, 9.17) is 18.9 Å². The average molecular weight is 234 g/mol. The standard InChI is InChI=1S/C11H22O5/c1-5-6-15-9-8(13-3)7(2)16-11(12)10(9)14-4/h7-12H,5-6H2,1-4H3/t7-,8-,9+,10+,11?/m0/s1. The number of hydrogen-bond donors (Lipinski definition) is 1. The molecule has 1 fully saturated rings. The van der Waals surface area contributed by atoms with E-state index in [1.165, 1.54) is 7.11 Å². The van der Waals surface area contributed by atoms with Crippen molar-refractivity contribution in [1.82, 2.24) is 0 Å². The molecule has 1 aliphatic rings. The van der Waals surface area contributed by atoms with E-state index in [9.17, 15) is 5.11 Å². The molecule has 0 aromatic carbocycles. The number of ether oxygens (including phenoxy) is 4. The number of aliphatic hydroxyl groups is 1. The van der Waals surface area contributed by atoms with Gasteiger partial charge in [0.25, 0.3) is 0 Å². The summed E-state index contributed by atoms with van der Waals surface area (Å²) in [6.07, 6.45) is -1.29. The molecule has 0 spiro atoms. The summed E-state index contributed by atoms with van der Waals surface area (Å²) in [6.45, 7) is 4.50. The molecular weight excluding hydrogens is 212 g/mol. The summed E-state index contributed by atoms with van der Waals surface area (Å²) in [7, 11) is 3.14. The Morgan fingerprint density at radius 1 is 1.12 bits per heavy atom. The summed E-state index contributed by atoms with van der Waals surface area (Å²) in [5.41, 5.74) is 0. The molecule has 5 heteroatoms. The van der Waals surface area contributed by atoms with Crippen LogP contribution in [0.5, 0.6) is 0 Å². The predicted molar refractivity (Wildman–Crippen MR) is 58.2 cm³/mol. The second-order valence-corrected chi connectivity index (χ2v) is 3.97. The minimum Gasteiger partial charge on any atom is -0.376 e. The van der Waals surface area contributed by atoms with Gasteiger partial charge in [-0.2, -0.15) is 0 Å². The Hall–Kier alpha value is -0.200. The molecular formula is C11H22O5. The molecule has 5 atom stereocenters. The predicted octanol–water partition coefficient (Wildman–Crippen LogP) is 0.549. The number of hydrogen-bond acceptors (Lipinski definition) is 5. The molecule has 0 saturated carbocycles. The normalized spacial score (nSPS) is 39.9. The van der Waals surface area contributed by atoms with Crippen molar-refractivity contribution in [2.45, 2.75) is 51.0 Å².